The lowest BCUT2D eigenvalue weighted by atomic mass is 10.1. The zero-order valence-corrected chi connectivity index (χ0v) is 18.1. The summed E-state index contributed by atoms with van der Waals surface area (Å²) in [5, 5.41) is 3.43. The van der Waals surface area contributed by atoms with Crippen LogP contribution in [-0.4, -0.2) is 15.6 Å². The SMILES string of the molecule is Cc1ccc(N=C2NC(=O)/C(=C/c3cc(C)n(-c4ccc(F)cc4)c3C)S2)c(C)c1. The Labute approximate surface area is 179 Å². The number of carbonyl (C=O) groups is 1. The molecule has 0 atom stereocenters. The Bertz CT molecular complexity index is 1210. The normalized spacial score (nSPS) is 16.5. The van der Waals surface area contributed by atoms with Gasteiger partial charge in [0, 0.05) is 17.1 Å². The molecular weight excluding hydrogens is 397 g/mol. The molecule has 1 amide bonds. The first kappa shape index (κ1) is 20.2. The second kappa shape index (κ2) is 7.95. The summed E-state index contributed by atoms with van der Waals surface area (Å²) in [6, 6.07) is 14.5. The summed E-state index contributed by atoms with van der Waals surface area (Å²) in [7, 11) is 0. The van der Waals surface area contributed by atoms with E-state index < -0.39 is 0 Å². The van der Waals surface area contributed by atoms with E-state index >= 15 is 0 Å². The number of amidine groups is 1. The minimum atomic E-state index is -0.266. The van der Waals surface area contributed by atoms with Crippen molar-refractivity contribution in [1.29, 1.82) is 0 Å². The lowest BCUT2D eigenvalue weighted by Gasteiger charge is -2.09. The summed E-state index contributed by atoms with van der Waals surface area (Å²) in [5.74, 6) is -0.423. The van der Waals surface area contributed by atoms with Gasteiger partial charge in [-0.1, -0.05) is 17.7 Å². The molecule has 1 aliphatic heterocycles. The minimum Gasteiger partial charge on any atom is -0.318 e. The number of hydrogen-bond acceptors (Lipinski definition) is 3. The van der Waals surface area contributed by atoms with Gasteiger partial charge in [-0.15, -0.1) is 0 Å². The first-order valence-electron chi connectivity index (χ1n) is 9.63. The van der Waals surface area contributed by atoms with Crippen LogP contribution in [0.25, 0.3) is 11.8 Å². The first-order chi connectivity index (χ1) is 14.3. The van der Waals surface area contributed by atoms with Crippen LogP contribution < -0.4 is 5.32 Å². The first-order valence-corrected chi connectivity index (χ1v) is 10.4. The molecule has 0 saturated carbocycles. The number of nitrogens with one attached hydrogen (secondary N) is 1. The fourth-order valence-corrected chi connectivity index (χ4v) is 4.41. The molecule has 1 saturated heterocycles. The Morgan fingerprint density at radius 1 is 1.03 bits per heavy atom. The van der Waals surface area contributed by atoms with Gasteiger partial charge in [0.25, 0.3) is 5.91 Å². The smallest absolute Gasteiger partial charge is 0.264 e. The van der Waals surface area contributed by atoms with Gasteiger partial charge < -0.3 is 9.88 Å². The molecule has 0 bridgehead atoms. The van der Waals surface area contributed by atoms with Crippen LogP contribution in [0.3, 0.4) is 0 Å². The highest BCUT2D eigenvalue weighted by Gasteiger charge is 2.24. The minimum absolute atomic E-state index is 0.157. The Kier molecular flexibility index (Phi) is 5.35. The summed E-state index contributed by atoms with van der Waals surface area (Å²) in [6.45, 7) is 8.03. The lowest BCUT2D eigenvalue weighted by molar-refractivity contribution is -0.115. The number of nitrogens with zero attached hydrogens (tertiary/aromatic N) is 2. The van der Waals surface area contributed by atoms with Crippen molar-refractivity contribution >= 4 is 34.6 Å². The molecule has 6 heteroatoms. The van der Waals surface area contributed by atoms with E-state index in [0.717, 1.165) is 33.9 Å². The summed E-state index contributed by atoms with van der Waals surface area (Å²) in [6.07, 6.45) is 1.88. The Balaban J connectivity index is 1.64. The predicted molar refractivity (Wildman–Crippen MR) is 122 cm³/mol. The number of hydrogen-bond donors (Lipinski definition) is 1. The number of aromatic nitrogens is 1. The second-order valence-corrected chi connectivity index (χ2v) is 8.44. The van der Waals surface area contributed by atoms with E-state index in [1.165, 1.54) is 29.5 Å². The van der Waals surface area contributed by atoms with Gasteiger partial charge in [0.2, 0.25) is 0 Å². The number of aliphatic imine (C=N–C) groups is 1. The van der Waals surface area contributed by atoms with Crippen LogP contribution in [-0.2, 0) is 4.79 Å². The highest BCUT2D eigenvalue weighted by Crippen LogP contribution is 2.31. The van der Waals surface area contributed by atoms with Crippen LogP contribution in [0.4, 0.5) is 10.1 Å². The van der Waals surface area contributed by atoms with Gasteiger partial charge in [0.15, 0.2) is 5.17 Å². The highest BCUT2D eigenvalue weighted by atomic mass is 32.2. The molecule has 0 radical (unpaired) electrons. The fraction of sp³-hybridized carbons (Fsp3) is 0.167. The van der Waals surface area contributed by atoms with Crippen LogP contribution in [0.5, 0.6) is 0 Å². The predicted octanol–water partition coefficient (Wildman–Crippen LogP) is 5.74. The van der Waals surface area contributed by atoms with E-state index in [1.807, 2.05) is 56.5 Å². The Morgan fingerprint density at radius 2 is 1.77 bits per heavy atom. The van der Waals surface area contributed by atoms with E-state index in [0.29, 0.717) is 10.1 Å². The van der Waals surface area contributed by atoms with Crippen molar-refractivity contribution in [1.82, 2.24) is 9.88 Å². The van der Waals surface area contributed by atoms with Crippen LogP contribution in [0, 0.1) is 33.5 Å². The zero-order valence-electron chi connectivity index (χ0n) is 17.3. The van der Waals surface area contributed by atoms with E-state index in [1.54, 1.807) is 12.1 Å². The average Bonchev–Trinajstić information content (AvgIpc) is 3.17. The molecule has 1 aromatic heterocycles. The molecule has 1 fully saturated rings. The van der Waals surface area contributed by atoms with E-state index in [2.05, 4.69) is 16.4 Å². The molecule has 30 heavy (non-hydrogen) atoms. The standard InChI is InChI=1S/C24H22FN3OS/c1-14-5-10-21(15(2)11-14)26-24-27-23(29)22(30-24)13-18-12-16(3)28(17(18)4)20-8-6-19(25)7-9-20/h5-13H,1-4H3,(H,26,27,29)/b22-13-. The fourth-order valence-electron chi connectivity index (χ4n) is 3.58. The second-order valence-electron chi connectivity index (χ2n) is 7.41. The molecule has 1 N–H and O–H groups in total. The zero-order chi connectivity index (χ0) is 21.4. The molecule has 4 nitrogen and oxygen atoms in total. The number of rotatable bonds is 3. The maximum absolute atomic E-state index is 13.3. The number of aryl methyl sites for hydroxylation is 3. The van der Waals surface area contributed by atoms with Crippen LogP contribution >= 0.6 is 11.8 Å². The average molecular weight is 420 g/mol. The third-order valence-corrected chi connectivity index (χ3v) is 5.98. The number of benzene rings is 2. The van der Waals surface area contributed by atoms with Crippen molar-refractivity contribution in [3.05, 3.63) is 87.3 Å². The molecule has 3 aromatic rings. The third-order valence-electron chi connectivity index (χ3n) is 5.07. The van der Waals surface area contributed by atoms with Crippen molar-refractivity contribution in [2.45, 2.75) is 27.7 Å². The number of halogens is 1. The Hall–Kier alpha value is -3.12. The third kappa shape index (κ3) is 3.96. The van der Waals surface area contributed by atoms with E-state index in [-0.39, 0.29) is 11.7 Å². The van der Waals surface area contributed by atoms with Crippen LogP contribution in [0.1, 0.15) is 28.1 Å². The van der Waals surface area contributed by atoms with Crippen molar-refractivity contribution in [2.75, 3.05) is 0 Å². The van der Waals surface area contributed by atoms with Crippen molar-refractivity contribution in [3.63, 3.8) is 0 Å². The maximum Gasteiger partial charge on any atom is 0.264 e. The molecule has 2 aromatic carbocycles. The Morgan fingerprint density at radius 3 is 2.47 bits per heavy atom. The van der Waals surface area contributed by atoms with Crippen molar-refractivity contribution < 1.29 is 9.18 Å². The summed E-state index contributed by atoms with van der Waals surface area (Å²) >= 11 is 1.33. The van der Waals surface area contributed by atoms with Gasteiger partial charge in [0.05, 0.1) is 10.6 Å². The molecule has 0 spiro atoms. The maximum atomic E-state index is 13.3. The van der Waals surface area contributed by atoms with Crippen LogP contribution in [0.15, 0.2) is 58.4 Å². The monoisotopic (exact) mass is 419 g/mol. The van der Waals surface area contributed by atoms with Crippen molar-refractivity contribution in [3.8, 4) is 5.69 Å². The highest BCUT2D eigenvalue weighted by molar-refractivity contribution is 8.18. The molecule has 1 aliphatic rings. The van der Waals surface area contributed by atoms with Gasteiger partial charge in [-0.2, -0.15) is 0 Å². The molecule has 2 heterocycles. The summed E-state index contributed by atoms with van der Waals surface area (Å²) in [5.41, 5.74) is 6.92. The quantitative estimate of drug-likeness (QED) is 0.550. The molecule has 0 unspecified atom stereocenters. The summed E-state index contributed by atoms with van der Waals surface area (Å²) < 4.78 is 15.3. The van der Waals surface area contributed by atoms with Crippen LogP contribution in [0.2, 0.25) is 0 Å². The van der Waals surface area contributed by atoms with Gasteiger partial charge in [-0.3, -0.25) is 4.79 Å². The van der Waals surface area contributed by atoms with Gasteiger partial charge >= 0.3 is 0 Å². The molecule has 0 aliphatic carbocycles. The molecule has 152 valence electrons. The summed E-state index contributed by atoms with van der Waals surface area (Å²) in [4.78, 5) is 17.7. The molecule has 4 rings (SSSR count). The lowest BCUT2D eigenvalue weighted by Crippen LogP contribution is -2.19. The molecular formula is C24H22FN3OS. The van der Waals surface area contributed by atoms with E-state index in [4.69, 9.17) is 0 Å². The van der Waals surface area contributed by atoms with Gasteiger partial charge in [-0.25, -0.2) is 9.38 Å². The van der Waals surface area contributed by atoms with Gasteiger partial charge in [-0.05, 0) is 93.1 Å². The number of amides is 1. The van der Waals surface area contributed by atoms with Gasteiger partial charge in [0.1, 0.15) is 5.82 Å². The number of carbonyl (C=O) groups excluding carboxylic acids is 1. The van der Waals surface area contributed by atoms with E-state index in [9.17, 15) is 9.18 Å². The topological polar surface area (TPSA) is 46.4 Å². The largest absolute Gasteiger partial charge is 0.318 e. The number of thioether (sulfide) groups is 1. The van der Waals surface area contributed by atoms with Crippen molar-refractivity contribution in [2.24, 2.45) is 4.99 Å².